The van der Waals surface area contributed by atoms with Crippen LogP contribution in [0.1, 0.15) is 19.3 Å². The molecule has 0 radical (unpaired) electrons. The third-order valence-corrected chi connectivity index (χ3v) is 4.29. The Hall–Kier alpha value is -1.09. The summed E-state index contributed by atoms with van der Waals surface area (Å²) in [4.78, 5) is 9.25. The SMILES string of the molecule is CN1CCC[C@@]12CCN(c1cccnc1)C2. The largest absolute Gasteiger partial charge is 0.368 e. The molecule has 1 aromatic heterocycles. The summed E-state index contributed by atoms with van der Waals surface area (Å²) in [6.45, 7) is 3.62. The van der Waals surface area contributed by atoms with Gasteiger partial charge in [0.1, 0.15) is 0 Å². The average Bonchev–Trinajstić information content (AvgIpc) is 2.90. The van der Waals surface area contributed by atoms with E-state index >= 15 is 0 Å². The van der Waals surface area contributed by atoms with Gasteiger partial charge in [-0.1, -0.05) is 0 Å². The van der Waals surface area contributed by atoms with Crippen LogP contribution < -0.4 is 4.90 Å². The Morgan fingerprint density at radius 1 is 1.31 bits per heavy atom. The second kappa shape index (κ2) is 3.74. The van der Waals surface area contributed by atoms with E-state index in [1.54, 1.807) is 0 Å². The van der Waals surface area contributed by atoms with Crippen molar-refractivity contribution in [2.45, 2.75) is 24.8 Å². The second-order valence-electron chi connectivity index (χ2n) is 5.13. The predicted octanol–water partition coefficient (Wildman–Crippen LogP) is 1.76. The Kier molecular flexibility index (Phi) is 2.36. The number of hydrogen-bond acceptors (Lipinski definition) is 3. The number of rotatable bonds is 1. The molecule has 2 aliphatic rings. The smallest absolute Gasteiger partial charge is 0.0553 e. The van der Waals surface area contributed by atoms with E-state index in [9.17, 15) is 0 Å². The van der Waals surface area contributed by atoms with Crippen molar-refractivity contribution in [1.29, 1.82) is 0 Å². The van der Waals surface area contributed by atoms with Gasteiger partial charge < -0.3 is 4.90 Å². The molecule has 86 valence electrons. The van der Waals surface area contributed by atoms with E-state index in [2.05, 4.69) is 27.9 Å². The van der Waals surface area contributed by atoms with Crippen LogP contribution in [0.2, 0.25) is 0 Å². The van der Waals surface area contributed by atoms with Crippen molar-refractivity contribution >= 4 is 5.69 Å². The number of hydrogen-bond donors (Lipinski definition) is 0. The fourth-order valence-corrected chi connectivity index (χ4v) is 3.21. The number of likely N-dealkylation sites (tertiary alicyclic amines) is 1. The second-order valence-corrected chi connectivity index (χ2v) is 5.13. The summed E-state index contributed by atoms with van der Waals surface area (Å²) in [5.41, 5.74) is 1.73. The predicted molar refractivity (Wildman–Crippen MR) is 65.7 cm³/mol. The summed E-state index contributed by atoms with van der Waals surface area (Å²) < 4.78 is 0. The highest BCUT2D eigenvalue weighted by Gasteiger charge is 2.44. The molecule has 0 N–H and O–H groups in total. The molecule has 16 heavy (non-hydrogen) atoms. The Morgan fingerprint density at radius 3 is 2.94 bits per heavy atom. The van der Waals surface area contributed by atoms with Crippen LogP contribution in [0.3, 0.4) is 0 Å². The van der Waals surface area contributed by atoms with Crippen LogP contribution in [-0.4, -0.2) is 42.1 Å². The summed E-state index contributed by atoms with van der Waals surface area (Å²) in [5.74, 6) is 0. The number of nitrogens with zero attached hydrogens (tertiary/aromatic N) is 3. The summed E-state index contributed by atoms with van der Waals surface area (Å²) in [5, 5.41) is 0. The van der Waals surface area contributed by atoms with Crippen molar-refractivity contribution in [1.82, 2.24) is 9.88 Å². The molecule has 0 unspecified atom stereocenters. The Balaban J connectivity index is 1.78. The third-order valence-electron chi connectivity index (χ3n) is 4.29. The van der Waals surface area contributed by atoms with Gasteiger partial charge in [-0.15, -0.1) is 0 Å². The van der Waals surface area contributed by atoms with Crippen LogP contribution in [0.5, 0.6) is 0 Å². The number of likely N-dealkylation sites (N-methyl/N-ethyl adjacent to an activating group) is 1. The molecule has 0 saturated carbocycles. The maximum atomic E-state index is 4.21. The highest BCUT2D eigenvalue weighted by Crippen LogP contribution is 2.37. The molecule has 0 aromatic carbocycles. The zero-order valence-corrected chi connectivity index (χ0v) is 9.89. The lowest BCUT2D eigenvalue weighted by atomic mass is 9.96. The Bertz CT molecular complexity index is 365. The first-order chi connectivity index (χ1) is 7.80. The fraction of sp³-hybridized carbons (Fsp3) is 0.615. The monoisotopic (exact) mass is 217 g/mol. The van der Waals surface area contributed by atoms with Crippen molar-refractivity contribution in [3.8, 4) is 0 Å². The molecule has 0 aliphatic carbocycles. The average molecular weight is 217 g/mol. The molecule has 1 aromatic rings. The van der Waals surface area contributed by atoms with E-state index in [0.717, 1.165) is 0 Å². The first-order valence-corrected chi connectivity index (χ1v) is 6.16. The third kappa shape index (κ3) is 1.50. The topological polar surface area (TPSA) is 19.4 Å². The van der Waals surface area contributed by atoms with Gasteiger partial charge in [0.15, 0.2) is 0 Å². The molecule has 3 rings (SSSR count). The highest BCUT2D eigenvalue weighted by atomic mass is 15.3. The van der Waals surface area contributed by atoms with Crippen molar-refractivity contribution in [3.05, 3.63) is 24.5 Å². The van der Waals surface area contributed by atoms with Gasteiger partial charge in [-0.05, 0) is 45.0 Å². The number of aromatic nitrogens is 1. The Labute approximate surface area is 97.1 Å². The molecular formula is C13H19N3. The fourth-order valence-electron chi connectivity index (χ4n) is 3.21. The van der Waals surface area contributed by atoms with Crippen molar-refractivity contribution in [3.63, 3.8) is 0 Å². The summed E-state index contributed by atoms with van der Waals surface area (Å²) in [6, 6.07) is 4.19. The lowest BCUT2D eigenvalue weighted by Crippen LogP contribution is -2.43. The molecule has 3 heterocycles. The zero-order chi connectivity index (χ0) is 11.0. The summed E-state index contributed by atoms with van der Waals surface area (Å²) in [6.07, 6.45) is 7.85. The van der Waals surface area contributed by atoms with Gasteiger partial charge in [-0.3, -0.25) is 9.88 Å². The van der Waals surface area contributed by atoms with Crippen LogP contribution in [0.4, 0.5) is 5.69 Å². The van der Waals surface area contributed by atoms with Gasteiger partial charge in [0.25, 0.3) is 0 Å². The van der Waals surface area contributed by atoms with Crippen LogP contribution in [-0.2, 0) is 0 Å². The maximum absolute atomic E-state index is 4.21. The van der Waals surface area contributed by atoms with E-state index in [0.29, 0.717) is 5.54 Å². The number of anilines is 1. The van der Waals surface area contributed by atoms with E-state index < -0.39 is 0 Å². The summed E-state index contributed by atoms with van der Waals surface area (Å²) in [7, 11) is 2.28. The molecule has 0 amide bonds. The van der Waals surface area contributed by atoms with Crippen molar-refractivity contribution in [2.75, 3.05) is 31.6 Å². The van der Waals surface area contributed by atoms with Crippen molar-refractivity contribution in [2.24, 2.45) is 0 Å². The molecular weight excluding hydrogens is 198 g/mol. The standard InChI is InChI=1S/C13H19N3/c1-15-8-3-5-13(15)6-9-16(11-13)12-4-2-7-14-10-12/h2,4,7,10H,3,5-6,8-9,11H2,1H3/t13-/m0/s1. The lowest BCUT2D eigenvalue weighted by molar-refractivity contribution is 0.198. The van der Waals surface area contributed by atoms with Gasteiger partial charge in [0, 0.05) is 24.8 Å². The molecule has 3 nitrogen and oxygen atoms in total. The van der Waals surface area contributed by atoms with E-state index in [-0.39, 0.29) is 0 Å². The van der Waals surface area contributed by atoms with Crippen LogP contribution in [0.25, 0.3) is 0 Å². The minimum Gasteiger partial charge on any atom is -0.368 e. The minimum absolute atomic E-state index is 0.454. The first kappa shape index (κ1) is 10.1. The normalized spacial score (nSPS) is 30.4. The minimum atomic E-state index is 0.454. The molecule has 0 bridgehead atoms. The van der Waals surface area contributed by atoms with Crippen molar-refractivity contribution < 1.29 is 0 Å². The van der Waals surface area contributed by atoms with E-state index in [1.807, 2.05) is 18.5 Å². The van der Waals surface area contributed by atoms with Crippen LogP contribution >= 0.6 is 0 Å². The van der Waals surface area contributed by atoms with E-state index in [4.69, 9.17) is 0 Å². The number of pyridine rings is 1. The first-order valence-electron chi connectivity index (χ1n) is 6.16. The van der Waals surface area contributed by atoms with Gasteiger partial charge in [0.2, 0.25) is 0 Å². The Morgan fingerprint density at radius 2 is 2.25 bits per heavy atom. The van der Waals surface area contributed by atoms with Crippen LogP contribution in [0, 0.1) is 0 Å². The lowest BCUT2D eigenvalue weighted by Gasteiger charge is -2.32. The molecule has 2 saturated heterocycles. The summed E-state index contributed by atoms with van der Waals surface area (Å²) >= 11 is 0. The molecule has 3 heteroatoms. The quantitative estimate of drug-likeness (QED) is 0.714. The molecule has 2 aliphatic heterocycles. The van der Waals surface area contributed by atoms with Crippen LogP contribution in [0.15, 0.2) is 24.5 Å². The molecule has 1 spiro atoms. The van der Waals surface area contributed by atoms with Gasteiger partial charge in [-0.25, -0.2) is 0 Å². The highest BCUT2D eigenvalue weighted by molar-refractivity contribution is 5.46. The van der Waals surface area contributed by atoms with E-state index in [1.165, 1.54) is 44.6 Å². The van der Waals surface area contributed by atoms with Gasteiger partial charge in [-0.2, -0.15) is 0 Å². The van der Waals surface area contributed by atoms with Gasteiger partial charge >= 0.3 is 0 Å². The molecule has 1 atom stereocenters. The maximum Gasteiger partial charge on any atom is 0.0553 e. The zero-order valence-electron chi connectivity index (χ0n) is 9.89. The van der Waals surface area contributed by atoms with Gasteiger partial charge in [0.05, 0.1) is 11.9 Å². The molecule has 2 fully saturated rings.